The van der Waals surface area contributed by atoms with Gasteiger partial charge in [-0.25, -0.2) is 9.67 Å². The van der Waals surface area contributed by atoms with Gasteiger partial charge >= 0.3 is 0 Å². The molecule has 3 aromatic rings. The largest absolute Gasteiger partial charge is 0.340 e. The van der Waals surface area contributed by atoms with Crippen molar-refractivity contribution in [2.45, 2.75) is 12.8 Å². The minimum atomic E-state index is -0.384. The number of rotatable bonds is 7. The normalized spacial score (nSPS) is 14.5. The van der Waals surface area contributed by atoms with E-state index in [-0.39, 0.29) is 16.5 Å². The lowest BCUT2D eigenvalue weighted by Crippen LogP contribution is -2.49. The molecule has 0 unspecified atom stereocenters. The Balaban J connectivity index is 1.22. The average Bonchev–Trinajstić information content (AvgIpc) is 3.34. The number of piperazine rings is 1. The average molecular weight is 420 g/mol. The second-order valence-electron chi connectivity index (χ2n) is 7.58. The van der Waals surface area contributed by atoms with Crippen molar-refractivity contribution in [2.24, 2.45) is 0 Å². The molecule has 160 valence electrons. The summed E-state index contributed by atoms with van der Waals surface area (Å²) in [4.78, 5) is 31.2. The van der Waals surface area contributed by atoms with Crippen LogP contribution in [0.2, 0.25) is 0 Å². The smallest absolute Gasteiger partial charge is 0.269 e. The van der Waals surface area contributed by atoms with Crippen molar-refractivity contribution in [2.75, 3.05) is 32.7 Å². The third kappa shape index (κ3) is 5.32. The van der Waals surface area contributed by atoms with Crippen molar-refractivity contribution in [3.05, 3.63) is 82.4 Å². The van der Waals surface area contributed by atoms with Gasteiger partial charge in [0.2, 0.25) is 5.91 Å². The number of aromatic nitrogens is 3. The highest BCUT2D eigenvalue weighted by molar-refractivity contribution is 5.79. The van der Waals surface area contributed by atoms with E-state index in [2.05, 4.69) is 15.0 Å². The quantitative estimate of drug-likeness (QED) is 0.429. The second-order valence-corrected chi connectivity index (χ2v) is 7.58. The summed E-state index contributed by atoms with van der Waals surface area (Å²) in [6.07, 6.45) is 4.36. The molecule has 0 atom stereocenters. The van der Waals surface area contributed by atoms with Gasteiger partial charge < -0.3 is 4.90 Å². The van der Waals surface area contributed by atoms with Crippen molar-refractivity contribution < 1.29 is 9.72 Å². The molecule has 0 aliphatic carbocycles. The lowest BCUT2D eigenvalue weighted by atomic mass is 10.1. The Morgan fingerprint density at radius 2 is 1.65 bits per heavy atom. The van der Waals surface area contributed by atoms with Crippen molar-refractivity contribution >= 4 is 11.6 Å². The van der Waals surface area contributed by atoms with E-state index in [9.17, 15) is 14.9 Å². The van der Waals surface area contributed by atoms with Crippen LogP contribution in [0, 0.1) is 10.1 Å². The van der Waals surface area contributed by atoms with Crippen LogP contribution in [0.15, 0.2) is 61.2 Å². The first-order valence-corrected chi connectivity index (χ1v) is 10.3. The van der Waals surface area contributed by atoms with Gasteiger partial charge in [0.1, 0.15) is 12.7 Å². The Hall–Kier alpha value is -3.59. The molecule has 0 bridgehead atoms. The van der Waals surface area contributed by atoms with Crippen molar-refractivity contribution in [1.82, 2.24) is 24.6 Å². The molecule has 2 heterocycles. The van der Waals surface area contributed by atoms with E-state index in [1.807, 2.05) is 41.3 Å². The number of carbonyl (C=O) groups is 1. The van der Waals surface area contributed by atoms with Crippen LogP contribution in [0.4, 0.5) is 5.69 Å². The summed E-state index contributed by atoms with van der Waals surface area (Å²) in [5.41, 5.74) is 3.09. The van der Waals surface area contributed by atoms with Crippen LogP contribution in [0.1, 0.15) is 11.1 Å². The Morgan fingerprint density at radius 3 is 2.26 bits per heavy atom. The number of hydrogen-bond donors (Lipinski definition) is 0. The maximum atomic E-state index is 12.7. The number of hydrogen-bond acceptors (Lipinski definition) is 6. The summed E-state index contributed by atoms with van der Waals surface area (Å²) in [6, 6.07) is 14.5. The van der Waals surface area contributed by atoms with E-state index in [1.165, 1.54) is 6.33 Å². The predicted molar refractivity (Wildman–Crippen MR) is 115 cm³/mol. The fourth-order valence-electron chi connectivity index (χ4n) is 3.69. The molecular weight excluding hydrogens is 396 g/mol. The molecule has 1 aliphatic heterocycles. The molecule has 0 radical (unpaired) electrons. The third-order valence-electron chi connectivity index (χ3n) is 5.56. The number of amides is 1. The van der Waals surface area contributed by atoms with Crippen LogP contribution < -0.4 is 0 Å². The van der Waals surface area contributed by atoms with Gasteiger partial charge in [-0.2, -0.15) is 5.10 Å². The van der Waals surface area contributed by atoms with Crippen LogP contribution in [-0.4, -0.2) is 68.1 Å². The highest BCUT2D eigenvalue weighted by atomic mass is 16.6. The Labute approximate surface area is 180 Å². The van der Waals surface area contributed by atoms with Crippen LogP contribution in [-0.2, 0) is 17.6 Å². The number of nitro benzene ring substituents is 1. The molecule has 1 fully saturated rings. The van der Waals surface area contributed by atoms with E-state index < -0.39 is 0 Å². The number of nitro groups is 1. The van der Waals surface area contributed by atoms with Crippen LogP contribution >= 0.6 is 0 Å². The second kappa shape index (κ2) is 9.48. The van der Waals surface area contributed by atoms with Gasteiger partial charge in [-0.1, -0.05) is 24.3 Å². The molecule has 31 heavy (non-hydrogen) atoms. The van der Waals surface area contributed by atoms with Crippen molar-refractivity contribution in [3.8, 4) is 5.69 Å². The monoisotopic (exact) mass is 420 g/mol. The molecule has 0 spiro atoms. The van der Waals surface area contributed by atoms with E-state index in [4.69, 9.17) is 0 Å². The summed E-state index contributed by atoms with van der Waals surface area (Å²) in [6.45, 7) is 3.99. The van der Waals surface area contributed by atoms with Crippen LogP contribution in [0.5, 0.6) is 0 Å². The number of non-ortho nitro benzene ring substituents is 1. The van der Waals surface area contributed by atoms with E-state index in [0.29, 0.717) is 6.42 Å². The molecule has 9 heteroatoms. The molecule has 1 aromatic heterocycles. The maximum absolute atomic E-state index is 12.7. The fraction of sp³-hybridized carbons (Fsp3) is 0.318. The highest BCUT2D eigenvalue weighted by Crippen LogP contribution is 2.14. The summed E-state index contributed by atoms with van der Waals surface area (Å²) < 4.78 is 1.68. The highest BCUT2D eigenvalue weighted by Gasteiger charge is 2.21. The molecular formula is C22H24N6O3. The standard InChI is InChI=1S/C22H24N6O3/c29-22(15-19-3-5-20(6-4-19)27-17-23-16-24-27)26-13-11-25(12-14-26)10-9-18-1-7-21(8-2-18)28(30)31/h1-8,16-17H,9-15H2. The predicted octanol–water partition coefficient (Wildman–Crippen LogP) is 2.10. The van der Waals surface area contributed by atoms with E-state index in [0.717, 1.165) is 56.0 Å². The lowest BCUT2D eigenvalue weighted by molar-refractivity contribution is -0.384. The number of nitrogens with zero attached hydrogens (tertiary/aromatic N) is 6. The van der Waals surface area contributed by atoms with E-state index in [1.54, 1.807) is 23.1 Å². The van der Waals surface area contributed by atoms with Crippen molar-refractivity contribution in [3.63, 3.8) is 0 Å². The van der Waals surface area contributed by atoms with Gasteiger partial charge in [-0.15, -0.1) is 0 Å². The zero-order valence-electron chi connectivity index (χ0n) is 17.1. The molecule has 2 aromatic carbocycles. The topological polar surface area (TPSA) is 97.4 Å². The summed E-state index contributed by atoms with van der Waals surface area (Å²) in [5.74, 6) is 0.142. The third-order valence-corrected chi connectivity index (χ3v) is 5.56. The molecule has 0 N–H and O–H groups in total. The summed E-state index contributed by atoms with van der Waals surface area (Å²) >= 11 is 0. The molecule has 1 saturated heterocycles. The number of benzene rings is 2. The van der Waals surface area contributed by atoms with Crippen molar-refractivity contribution in [1.29, 1.82) is 0 Å². The first-order valence-electron chi connectivity index (χ1n) is 10.3. The minimum Gasteiger partial charge on any atom is -0.340 e. The maximum Gasteiger partial charge on any atom is 0.269 e. The lowest BCUT2D eigenvalue weighted by Gasteiger charge is -2.34. The molecule has 1 aliphatic rings. The SMILES string of the molecule is O=C(Cc1ccc(-n2cncn2)cc1)N1CCN(CCc2ccc([N+](=O)[O-])cc2)CC1. The molecule has 1 amide bonds. The summed E-state index contributed by atoms with van der Waals surface area (Å²) in [7, 11) is 0. The molecule has 9 nitrogen and oxygen atoms in total. The zero-order valence-corrected chi connectivity index (χ0v) is 17.1. The fourth-order valence-corrected chi connectivity index (χ4v) is 3.69. The Kier molecular flexibility index (Phi) is 6.32. The van der Waals surface area contributed by atoms with Gasteiger partial charge in [0.25, 0.3) is 5.69 Å². The van der Waals surface area contributed by atoms with Crippen LogP contribution in [0.3, 0.4) is 0 Å². The Bertz CT molecular complexity index is 1010. The van der Waals surface area contributed by atoms with Gasteiger partial charge in [0, 0.05) is 44.9 Å². The first kappa shape index (κ1) is 20.7. The van der Waals surface area contributed by atoms with E-state index >= 15 is 0 Å². The minimum absolute atomic E-state index is 0.115. The zero-order chi connectivity index (χ0) is 21.6. The summed E-state index contributed by atoms with van der Waals surface area (Å²) in [5, 5.41) is 14.8. The first-order chi connectivity index (χ1) is 15.1. The van der Waals surface area contributed by atoms with Gasteiger partial charge in [0.05, 0.1) is 17.0 Å². The molecule has 4 rings (SSSR count). The van der Waals surface area contributed by atoms with Gasteiger partial charge in [-0.05, 0) is 29.7 Å². The van der Waals surface area contributed by atoms with Crippen LogP contribution in [0.25, 0.3) is 5.69 Å². The molecule has 0 saturated carbocycles. The number of carbonyl (C=O) groups excluding carboxylic acids is 1. The van der Waals surface area contributed by atoms with Gasteiger partial charge in [-0.3, -0.25) is 19.8 Å². The Morgan fingerprint density at radius 1 is 0.968 bits per heavy atom. The van der Waals surface area contributed by atoms with Gasteiger partial charge in [0.15, 0.2) is 0 Å².